The Bertz CT molecular complexity index is 245. The standard InChI is InChI=1S/C5H5ClN2S/c1-3-2-4(9)8-5(6)7-3/h2H,1H3,(H,7,8,9). The second kappa shape index (κ2) is 2.45. The van der Waals surface area contributed by atoms with Crippen LogP contribution in [0.3, 0.4) is 0 Å². The minimum atomic E-state index is 0.347. The highest BCUT2D eigenvalue weighted by atomic mass is 35.5. The molecule has 0 aliphatic rings. The van der Waals surface area contributed by atoms with Crippen LogP contribution < -0.4 is 0 Å². The summed E-state index contributed by atoms with van der Waals surface area (Å²) in [5, 5.41) is 0.347. The number of H-pyrrole nitrogens is 1. The molecule has 0 unspecified atom stereocenters. The monoisotopic (exact) mass is 160 g/mol. The summed E-state index contributed by atoms with van der Waals surface area (Å²) in [6.07, 6.45) is 0. The number of aryl methyl sites for hydroxylation is 1. The molecule has 48 valence electrons. The first-order valence-electron chi connectivity index (χ1n) is 2.42. The van der Waals surface area contributed by atoms with Gasteiger partial charge in [-0.15, -0.1) is 0 Å². The van der Waals surface area contributed by atoms with Gasteiger partial charge < -0.3 is 4.98 Å². The number of hydrogen-bond donors (Lipinski definition) is 1. The Hall–Kier alpha value is -0.410. The highest BCUT2D eigenvalue weighted by Crippen LogP contribution is 2.00. The van der Waals surface area contributed by atoms with Crippen LogP contribution in [0.5, 0.6) is 0 Å². The lowest BCUT2D eigenvalue weighted by Crippen LogP contribution is -1.84. The van der Waals surface area contributed by atoms with Crippen LogP contribution in [0.2, 0.25) is 5.28 Å². The van der Waals surface area contributed by atoms with E-state index in [2.05, 4.69) is 9.97 Å². The van der Waals surface area contributed by atoms with Crippen LogP contribution in [0.1, 0.15) is 5.69 Å². The van der Waals surface area contributed by atoms with Gasteiger partial charge in [0.15, 0.2) is 0 Å². The summed E-state index contributed by atoms with van der Waals surface area (Å²) >= 11 is 10.3. The molecule has 1 aromatic heterocycles. The zero-order chi connectivity index (χ0) is 6.85. The lowest BCUT2D eigenvalue weighted by Gasteiger charge is -1.91. The Labute approximate surface area is 62.9 Å². The van der Waals surface area contributed by atoms with E-state index in [9.17, 15) is 0 Å². The molecule has 0 amide bonds. The molecule has 0 spiro atoms. The van der Waals surface area contributed by atoms with E-state index >= 15 is 0 Å². The molecule has 4 heteroatoms. The van der Waals surface area contributed by atoms with Gasteiger partial charge in [0.05, 0.1) is 0 Å². The van der Waals surface area contributed by atoms with Crippen molar-refractivity contribution in [3.63, 3.8) is 0 Å². The molecule has 0 fully saturated rings. The van der Waals surface area contributed by atoms with Crippen LogP contribution in [-0.2, 0) is 0 Å². The average molecular weight is 161 g/mol. The first-order chi connectivity index (χ1) is 4.18. The molecule has 9 heavy (non-hydrogen) atoms. The second-order valence-corrected chi connectivity index (χ2v) is 2.47. The minimum Gasteiger partial charge on any atom is -0.334 e. The Balaban J connectivity index is 3.33. The van der Waals surface area contributed by atoms with Crippen LogP contribution in [0.4, 0.5) is 0 Å². The number of aromatic nitrogens is 2. The SMILES string of the molecule is Cc1cc(=S)nc(Cl)[nH]1. The van der Waals surface area contributed by atoms with Crippen LogP contribution >= 0.6 is 23.8 Å². The molecule has 0 aromatic carbocycles. The van der Waals surface area contributed by atoms with Gasteiger partial charge in [-0.1, -0.05) is 12.2 Å². The molecule has 1 N–H and O–H groups in total. The van der Waals surface area contributed by atoms with Crippen molar-refractivity contribution in [2.45, 2.75) is 6.92 Å². The molecule has 1 heterocycles. The fraction of sp³-hybridized carbons (Fsp3) is 0.200. The third-order valence-corrected chi connectivity index (χ3v) is 1.24. The van der Waals surface area contributed by atoms with E-state index in [1.165, 1.54) is 0 Å². The predicted molar refractivity (Wildman–Crippen MR) is 39.2 cm³/mol. The molecule has 0 radical (unpaired) electrons. The van der Waals surface area contributed by atoms with Gasteiger partial charge in [0.2, 0.25) is 5.28 Å². The van der Waals surface area contributed by atoms with Gasteiger partial charge in [-0.05, 0) is 24.6 Å². The van der Waals surface area contributed by atoms with Crippen molar-refractivity contribution in [1.29, 1.82) is 0 Å². The van der Waals surface area contributed by atoms with Crippen molar-refractivity contribution in [1.82, 2.24) is 9.97 Å². The van der Waals surface area contributed by atoms with Crippen LogP contribution in [0.25, 0.3) is 0 Å². The number of rotatable bonds is 0. The molecule has 0 aliphatic heterocycles. The molecule has 0 bridgehead atoms. The molecular formula is C5H5ClN2S. The second-order valence-electron chi connectivity index (χ2n) is 1.69. The predicted octanol–water partition coefficient (Wildman–Crippen LogP) is 2.10. The van der Waals surface area contributed by atoms with Gasteiger partial charge in [-0.3, -0.25) is 0 Å². The highest BCUT2D eigenvalue weighted by molar-refractivity contribution is 7.71. The van der Waals surface area contributed by atoms with E-state index in [-0.39, 0.29) is 0 Å². The van der Waals surface area contributed by atoms with Gasteiger partial charge >= 0.3 is 0 Å². The number of halogens is 1. The number of aromatic amines is 1. The molecule has 0 aliphatic carbocycles. The lowest BCUT2D eigenvalue weighted by molar-refractivity contribution is 1.09. The van der Waals surface area contributed by atoms with Gasteiger partial charge in [0.1, 0.15) is 4.64 Å². The topological polar surface area (TPSA) is 28.7 Å². The van der Waals surface area contributed by atoms with E-state index in [0.29, 0.717) is 9.92 Å². The Kier molecular flexibility index (Phi) is 1.83. The maximum absolute atomic E-state index is 5.52. The Morgan fingerprint density at radius 2 is 2.44 bits per heavy atom. The Morgan fingerprint density at radius 3 is 2.89 bits per heavy atom. The molecule has 0 saturated heterocycles. The highest BCUT2D eigenvalue weighted by Gasteiger charge is 1.87. The fourth-order valence-electron chi connectivity index (χ4n) is 0.541. The quantitative estimate of drug-likeness (QED) is 0.465. The average Bonchev–Trinajstić information content (AvgIpc) is 1.59. The molecule has 2 nitrogen and oxygen atoms in total. The summed E-state index contributed by atoms with van der Waals surface area (Å²) in [6, 6.07) is 1.75. The van der Waals surface area contributed by atoms with Gasteiger partial charge in [0, 0.05) is 5.69 Å². The normalized spacial score (nSPS) is 9.56. The summed E-state index contributed by atoms with van der Waals surface area (Å²) < 4.78 is 0.524. The lowest BCUT2D eigenvalue weighted by atomic mass is 10.5. The number of hydrogen-bond acceptors (Lipinski definition) is 2. The Morgan fingerprint density at radius 1 is 1.78 bits per heavy atom. The zero-order valence-corrected chi connectivity index (χ0v) is 6.38. The molecule has 1 rings (SSSR count). The number of nitrogens with one attached hydrogen (secondary N) is 1. The third kappa shape index (κ3) is 1.77. The van der Waals surface area contributed by atoms with Crippen molar-refractivity contribution in [2.75, 3.05) is 0 Å². The van der Waals surface area contributed by atoms with E-state index in [0.717, 1.165) is 5.69 Å². The first kappa shape index (κ1) is 6.71. The van der Waals surface area contributed by atoms with Crippen molar-refractivity contribution in [3.8, 4) is 0 Å². The van der Waals surface area contributed by atoms with E-state index in [1.807, 2.05) is 6.92 Å². The smallest absolute Gasteiger partial charge is 0.201 e. The van der Waals surface area contributed by atoms with E-state index in [1.54, 1.807) is 6.07 Å². The van der Waals surface area contributed by atoms with Crippen molar-refractivity contribution in [2.24, 2.45) is 0 Å². The fourth-order valence-corrected chi connectivity index (χ4v) is 1.10. The van der Waals surface area contributed by atoms with Crippen LogP contribution in [-0.4, -0.2) is 9.97 Å². The van der Waals surface area contributed by atoms with Gasteiger partial charge in [0.25, 0.3) is 0 Å². The summed E-state index contributed by atoms with van der Waals surface area (Å²) in [7, 11) is 0. The molecular weight excluding hydrogens is 156 g/mol. The van der Waals surface area contributed by atoms with Crippen molar-refractivity contribution in [3.05, 3.63) is 21.7 Å². The van der Waals surface area contributed by atoms with E-state index < -0.39 is 0 Å². The van der Waals surface area contributed by atoms with Gasteiger partial charge in [-0.25, -0.2) is 4.98 Å². The molecule has 0 atom stereocenters. The molecule has 0 saturated carbocycles. The maximum atomic E-state index is 5.52. The van der Waals surface area contributed by atoms with Crippen LogP contribution in [0.15, 0.2) is 6.07 Å². The number of nitrogens with zero attached hydrogens (tertiary/aromatic N) is 1. The zero-order valence-electron chi connectivity index (χ0n) is 4.81. The maximum Gasteiger partial charge on any atom is 0.201 e. The summed E-state index contributed by atoms with van der Waals surface area (Å²) in [5.74, 6) is 0. The summed E-state index contributed by atoms with van der Waals surface area (Å²) in [5.41, 5.74) is 0.931. The van der Waals surface area contributed by atoms with Crippen LogP contribution in [0, 0.1) is 11.6 Å². The first-order valence-corrected chi connectivity index (χ1v) is 3.20. The van der Waals surface area contributed by atoms with Gasteiger partial charge in [-0.2, -0.15) is 0 Å². The minimum absolute atomic E-state index is 0.347. The van der Waals surface area contributed by atoms with Crippen molar-refractivity contribution >= 4 is 23.8 Å². The van der Waals surface area contributed by atoms with E-state index in [4.69, 9.17) is 23.8 Å². The summed E-state index contributed by atoms with van der Waals surface area (Å²) in [4.78, 5) is 6.56. The van der Waals surface area contributed by atoms with Crippen molar-refractivity contribution < 1.29 is 0 Å². The summed E-state index contributed by atoms with van der Waals surface area (Å²) in [6.45, 7) is 1.88. The molecule has 1 aromatic rings. The third-order valence-electron chi connectivity index (χ3n) is 0.849. The largest absolute Gasteiger partial charge is 0.334 e.